The maximum absolute atomic E-state index is 5.38. The number of ether oxygens (including phenoxy) is 1. The van der Waals surface area contributed by atoms with E-state index < -0.39 is 0 Å². The van der Waals surface area contributed by atoms with Crippen LogP contribution in [0.25, 0.3) is 6.08 Å². The molecular weight excluding hydrogens is 212 g/mol. The molecule has 0 bridgehead atoms. The van der Waals surface area contributed by atoms with Gasteiger partial charge in [0, 0.05) is 20.2 Å². The van der Waals surface area contributed by atoms with Gasteiger partial charge in [0.1, 0.15) is 5.82 Å². The largest absolute Gasteiger partial charge is 0.381 e. The fraction of sp³-hybridized carbons (Fsp3) is 0.500. The fourth-order valence-corrected chi connectivity index (χ4v) is 2.26. The molecule has 1 aliphatic rings. The molecule has 92 valence electrons. The molecule has 0 aromatic carbocycles. The smallest absolute Gasteiger partial charge is 0.129 e. The molecule has 1 aromatic rings. The summed E-state index contributed by atoms with van der Waals surface area (Å²) in [6.45, 7) is 7.92. The Morgan fingerprint density at radius 3 is 2.71 bits per heavy atom. The van der Waals surface area contributed by atoms with E-state index in [0.717, 1.165) is 37.4 Å². The summed E-state index contributed by atoms with van der Waals surface area (Å²) in [6, 6.07) is 4.19. The van der Waals surface area contributed by atoms with Gasteiger partial charge < -0.3 is 9.64 Å². The van der Waals surface area contributed by atoms with E-state index in [1.54, 1.807) is 13.2 Å². The van der Waals surface area contributed by atoms with Crippen LogP contribution in [0.1, 0.15) is 24.1 Å². The zero-order valence-electron chi connectivity index (χ0n) is 10.6. The third-order valence-corrected chi connectivity index (χ3v) is 3.28. The van der Waals surface area contributed by atoms with Gasteiger partial charge in [-0.2, -0.15) is 0 Å². The van der Waals surface area contributed by atoms with Gasteiger partial charge in [-0.1, -0.05) is 6.58 Å². The highest BCUT2D eigenvalue weighted by atomic mass is 16.5. The lowest BCUT2D eigenvalue weighted by Crippen LogP contribution is -2.37. The molecule has 0 aliphatic carbocycles. The average Bonchev–Trinajstić information content (AvgIpc) is 2.38. The zero-order chi connectivity index (χ0) is 12.3. The van der Waals surface area contributed by atoms with Gasteiger partial charge in [-0.15, -0.1) is 0 Å². The molecule has 0 spiro atoms. The van der Waals surface area contributed by atoms with Crippen LogP contribution in [0.4, 0.5) is 5.82 Å². The van der Waals surface area contributed by atoms with Gasteiger partial charge in [-0.25, -0.2) is 4.98 Å². The second-order valence-corrected chi connectivity index (χ2v) is 4.55. The van der Waals surface area contributed by atoms with Gasteiger partial charge in [-0.3, -0.25) is 0 Å². The third-order valence-electron chi connectivity index (χ3n) is 3.28. The van der Waals surface area contributed by atoms with Crippen LogP contribution < -0.4 is 4.90 Å². The van der Waals surface area contributed by atoms with Gasteiger partial charge >= 0.3 is 0 Å². The standard InChI is InChI=1S/C14H20N2O/c1-4-12-9-11(2)10-14(15-12)16-7-5-13(17-3)6-8-16/h4,9-10,13H,1,5-8H2,2-3H3. The Bertz CT molecular complexity index is 395. The molecular formula is C14H20N2O. The highest BCUT2D eigenvalue weighted by molar-refractivity contribution is 5.51. The molecule has 0 unspecified atom stereocenters. The summed E-state index contributed by atoms with van der Waals surface area (Å²) in [6.07, 6.45) is 4.37. The Balaban J connectivity index is 2.12. The summed E-state index contributed by atoms with van der Waals surface area (Å²) in [4.78, 5) is 6.92. The zero-order valence-corrected chi connectivity index (χ0v) is 10.6. The molecule has 0 N–H and O–H groups in total. The van der Waals surface area contributed by atoms with Gasteiger partial charge in [0.2, 0.25) is 0 Å². The summed E-state index contributed by atoms with van der Waals surface area (Å²) >= 11 is 0. The van der Waals surface area contributed by atoms with E-state index in [9.17, 15) is 0 Å². The number of hydrogen-bond acceptors (Lipinski definition) is 3. The van der Waals surface area contributed by atoms with Crippen molar-refractivity contribution < 1.29 is 4.74 Å². The number of anilines is 1. The predicted molar refractivity (Wildman–Crippen MR) is 71.3 cm³/mol. The van der Waals surface area contributed by atoms with Crippen molar-refractivity contribution in [2.75, 3.05) is 25.1 Å². The molecule has 0 radical (unpaired) electrons. The Hall–Kier alpha value is -1.35. The number of hydrogen-bond donors (Lipinski definition) is 0. The van der Waals surface area contributed by atoms with E-state index in [2.05, 4.69) is 35.5 Å². The second kappa shape index (κ2) is 5.32. The van der Waals surface area contributed by atoms with Crippen LogP contribution >= 0.6 is 0 Å². The normalized spacial score (nSPS) is 17.2. The van der Waals surface area contributed by atoms with Crippen molar-refractivity contribution in [3.8, 4) is 0 Å². The first kappa shape index (κ1) is 12.1. The van der Waals surface area contributed by atoms with Crippen LogP contribution in [0.15, 0.2) is 18.7 Å². The Morgan fingerprint density at radius 1 is 1.41 bits per heavy atom. The van der Waals surface area contributed by atoms with Gasteiger partial charge in [0.15, 0.2) is 0 Å². The summed E-state index contributed by atoms with van der Waals surface area (Å²) in [5.41, 5.74) is 2.19. The lowest BCUT2D eigenvalue weighted by Gasteiger charge is -2.32. The summed E-state index contributed by atoms with van der Waals surface area (Å²) in [7, 11) is 1.79. The van der Waals surface area contributed by atoms with Crippen molar-refractivity contribution in [2.45, 2.75) is 25.9 Å². The molecule has 3 nitrogen and oxygen atoms in total. The van der Waals surface area contributed by atoms with Crippen LogP contribution in [-0.4, -0.2) is 31.3 Å². The third kappa shape index (κ3) is 2.86. The van der Waals surface area contributed by atoms with E-state index in [0.29, 0.717) is 6.10 Å². The first-order valence-electron chi connectivity index (χ1n) is 6.12. The molecule has 1 fully saturated rings. The minimum absolute atomic E-state index is 0.412. The van der Waals surface area contributed by atoms with Crippen molar-refractivity contribution in [1.29, 1.82) is 0 Å². The van der Waals surface area contributed by atoms with E-state index in [4.69, 9.17) is 4.74 Å². The maximum atomic E-state index is 5.38. The van der Waals surface area contributed by atoms with E-state index >= 15 is 0 Å². The van der Waals surface area contributed by atoms with Crippen LogP contribution in [0.2, 0.25) is 0 Å². The number of aryl methyl sites for hydroxylation is 1. The van der Waals surface area contributed by atoms with Crippen LogP contribution in [0.3, 0.4) is 0 Å². The minimum Gasteiger partial charge on any atom is -0.381 e. The highest BCUT2D eigenvalue weighted by Gasteiger charge is 2.19. The predicted octanol–water partition coefficient (Wildman–Crippen LogP) is 2.65. The van der Waals surface area contributed by atoms with Gasteiger partial charge in [0.05, 0.1) is 11.8 Å². The molecule has 2 rings (SSSR count). The Kier molecular flexibility index (Phi) is 3.79. The van der Waals surface area contributed by atoms with Crippen LogP contribution in [0.5, 0.6) is 0 Å². The van der Waals surface area contributed by atoms with E-state index in [1.165, 1.54) is 5.56 Å². The lowest BCUT2D eigenvalue weighted by atomic mass is 10.1. The van der Waals surface area contributed by atoms with E-state index in [1.807, 2.05) is 0 Å². The van der Waals surface area contributed by atoms with E-state index in [-0.39, 0.29) is 0 Å². The topological polar surface area (TPSA) is 25.4 Å². The summed E-state index contributed by atoms with van der Waals surface area (Å²) in [5, 5.41) is 0. The Labute approximate surface area is 103 Å². The number of methoxy groups -OCH3 is 1. The molecule has 0 amide bonds. The molecule has 1 aromatic heterocycles. The number of rotatable bonds is 3. The first-order valence-corrected chi connectivity index (χ1v) is 6.12. The lowest BCUT2D eigenvalue weighted by molar-refractivity contribution is 0.0818. The monoisotopic (exact) mass is 232 g/mol. The molecule has 2 heterocycles. The van der Waals surface area contributed by atoms with Gasteiger partial charge in [-0.05, 0) is 43.5 Å². The van der Waals surface area contributed by atoms with Crippen molar-refractivity contribution in [1.82, 2.24) is 4.98 Å². The molecule has 3 heteroatoms. The summed E-state index contributed by atoms with van der Waals surface area (Å²) < 4.78 is 5.38. The molecule has 1 aliphatic heterocycles. The number of nitrogens with zero attached hydrogens (tertiary/aromatic N) is 2. The van der Waals surface area contributed by atoms with Crippen LogP contribution in [0, 0.1) is 6.92 Å². The first-order chi connectivity index (χ1) is 8.22. The Morgan fingerprint density at radius 2 is 2.12 bits per heavy atom. The molecule has 17 heavy (non-hydrogen) atoms. The van der Waals surface area contributed by atoms with Crippen LogP contribution in [-0.2, 0) is 4.74 Å². The SMILES string of the molecule is C=Cc1cc(C)cc(N2CCC(OC)CC2)n1. The number of aromatic nitrogens is 1. The number of piperidine rings is 1. The van der Waals surface area contributed by atoms with Crippen molar-refractivity contribution in [3.05, 3.63) is 30.0 Å². The van der Waals surface area contributed by atoms with Crippen molar-refractivity contribution in [2.24, 2.45) is 0 Å². The molecule has 0 atom stereocenters. The van der Waals surface area contributed by atoms with Crippen molar-refractivity contribution in [3.63, 3.8) is 0 Å². The average molecular weight is 232 g/mol. The van der Waals surface area contributed by atoms with Crippen molar-refractivity contribution >= 4 is 11.9 Å². The molecule has 0 saturated carbocycles. The minimum atomic E-state index is 0.412. The highest BCUT2D eigenvalue weighted by Crippen LogP contribution is 2.21. The fourth-order valence-electron chi connectivity index (χ4n) is 2.26. The summed E-state index contributed by atoms with van der Waals surface area (Å²) in [5.74, 6) is 1.06. The molecule has 1 saturated heterocycles. The number of pyridine rings is 1. The quantitative estimate of drug-likeness (QED) is 0.801. The van der Waals surface area contributed by atoms with Gasteiger partial charge in [0.25, 0.3) is 0 Å². The second-order valence-electron chi connectivity index (χ2n) is 4.55. The maximum Gasteiger partial charge on any atom is 0.129 e.